The molecule has 0 saturated heterocycles. The van der Waals surface area contributed by atoms with Crippen molar-refractivity contribution in [2.45, 2.75) is 0 Å². The van der Waals surface area contributed by atoms with Crippen LogP contribution in [0.4, 0.5) is 0 Å². The van der Waals surface area contributed by atoms with E-state index in [-0.39, 0.29) is 0 Å². The summed E-state index contributed by atoms with van der Waals surface area (Å²) >= 11 is 7.68. The van der Waals surface area contributed by atoms with Gasteiger partial charge in [0.15, 0.2) is 4.77 Å². The van der Waals surface area contributed by atoms with E-state index in [1.807, 2.05) is 41.0 Å². The fraction of sp³-hybridized carbons (Fsp3) is 0. The van der Waals surface area contributed by atoms with E-state index < -0.39 is 0 Å². The largest absolute Gasteiger partial charge is 0.330 e. The number of benzene rings is 2. The highest BCUT2D eigenvalue weighted by Gasteiger charge is 2.09. The maximum atomic E-state index is 9.02. The lowest BCUT2D eigenvalue weighted by atomic mass is 10.2. The van der Waals surface area contributed by atoms with Gasteiger partial charge in [-0.2, -0.15) is 5.26 Å². The van der Waals surface area contributed by atoms with Gasteiger partial charge in [-0.1, -0.05) is 12.1 Å². The van der Waals surface area contributed by atoms with E-state index in [0.717, 1.165) is 20.3 Å². The Kier molecular flexibility index (Phi) is 3.12. The van der Waals surface area contributed by atoms with E-state index in [0.29, 0.717) is 10.3 Å². The number of imidazole rings is 1. The molecule has 0 bridgehead atoms. The van der Waals surface area contributed by atoms with Gasteiger partial charge in [0, 0.05) is 3.57 Å². The molecular weight excluding hydrogens is 369 g/mol. The molecule has 0 amide bonds. The molecule has 1 heterocycles. The molecular formula is C14H8IN3S. The summed E-state index contributed by atoms with van der Waals surface area (Å²) in [5.41, 5.74) is 3.51. The second-order valence-corrected chi connectivity index (χ2v) is 5.61. The maximum Gasteiger partial charge on any atom is 0.182 e. The van der Waals surface area contributed by atoms with Gasteiger partial charge in [0.1, 0.15) is 0 Å². The molecule has 3 aromatic rings. The lowest BCUT2D eigenvalue weighted by molar-refractivity contribution is 1.06. The van der Waals surface area contributed by atoms with Crippen LogP contribution in [0, 0.1) is 19.7 Å². The first-order valence-corrected chi connectivity index (χ1v) is 7.09. The van der Waals surface area contributed by atoms with Crippen molar-refractivity contribution in [1.29, 1.82) is 5.26 Å². The Hall–Kier alpha value is -1.65. The predicted octanol–water partition coefficient (Wildman–Crippen LogP) is 4.16. The first kappa shape index (κ1) is 12.4. The zero-order valence-electron chi connectivity index (χ0n) is 9.72. The van der Waals surface area contributed by atoms with Gasteiger partial charge in [-0.25, -0.2) is 0 Å². The predicted molar refractivity (Wildman–Crippen MR) is 85.9 cm³/mol. The first-order valence-electron chi connectivity index (χ1n) is 5.60. The van der Waals surface area contributed by atoms with Crippen LogP contribution in [0.2, 0.25) is 0 Å². The number of aromatic amines is 1. The fourth-order valence-corrected chi connectivity index (χ4v) is 2.98. The Labute approximate surface area is 128 Å². The normalized spacial score (nSPS) is 10.5. The van der Waals surface area contributed by atoms with Gasteiger partial charge in [0.2, 0.25) is 0 Å². The second-order valence-electron chi connectivity index (χ2n) is 4.06. The number of para-hydroxylation sites is 1. The van der Waals surface area contributed by atoms with E-state index >= 15 is 0 Å². The van der Waals surface area contributed by atoms with Gasteiger partial charge in [-0.15, -0.1) is 0 Å². The number of aromatic nitrogens is 2. The third-order valence-electron chi connectivity index (χ3n) is 2.91. The summed E-state index contributed by atoms with van der Waals surface area (Å²) < 4.78 is 3.71. The van der Waals surface area contributed by atoms with Crippen LogP contribution >= 0.6 is 34.8 Å². The molecule has 3 nitrogen and oxygen atoms in total. The van der Waals surface area contributed by atoms with Crippen molar-refractivity contribution in [3.8, 4) is 11.8 Å². The summed E-state index contributed by atoms with van der Waals surface area (Å²) in [6.07, 6.45) is 0. The van der Waals surface area contributed by atoms with Crippen LogP contribution in [0.15, 0.2) is 42.5 Å². The van der Waals surface area contributed by atoms with Crippen LogP contribution in [0.3, 0.4) is 0 Å². The number of nitriles is 1. The average molecular weight is 377 g/mol. The van der Waals surface area contributed by atoms with Crippen LogP contribution < -0.4 is 0 Å². The van der Waals surface area contributed by atoms with Crippen molar-refractivity contribution in [3.63, 3.8) is 0 Å². The topological polar surface area (TPSA) is 44.5 Å². The van der Waals surface area contributed by atoms with Gasteiger partial charge < -0.3 is 4.98 Å². The number of H-pyrrole nitrogens is 1. The number of rotatable bonds is 1. The van der Waals surface area contributed by atoms with Crippen molar-refractivity contribution < 1.29 is 0 Å². The Morgan fingerprint density at radius 3 is 2.74 bits per heavy atom. The smallest absolute Gasteiger partial charge is 0.182 e. The van der Waals surface area contributed by atoms with Gasteiger partial charge in [-0.05, 0) is 65.1 Å². The standard InChI is InChI=1S/C14H8IN3S/c15-10-3-1-2-4-12(10)18-13-7-9(8-16)5-6-11(13)17-14(18)19/h1-7H,(H,17,19). The summed E-state index contributed by atoms with van der Waals surface area (Å²) in [7, 11) is 0. The molecule has 0 saturated carbocycles. The minimum absolute atomic E-state index is 0.626. The van der Waals surface area contributed by atoms with Crippen molar-refractivity contribution in [1.82, 2.24) is 9.55 Å². The SMILES string of the molecule is N#Cc1ccc2[nH]c(=S)n(-c3ccccc3I)c2c1. The van der Waals surface area contributed by atoms with Crippen LogP contribution in [0.5, 0.6) is 0 Å². The van der Waals surface area contributed by atoms with Gasteiger partial charge in [0.25, 0.3) is 0 Å². The van der Waals surface area contributed by atoms with Crippen LogP contribution in [-0.2, 0) is 0 Å². The zero-order chi connectivity index (χ0) is 13.4. The maximum absolute atomic E-state index is 9.02. The summed E-state index contributed by atoms with van der Waals surface area (Å²) in [5, 5.41) is 9.02. The molecule has 5 heteroatoms. The number of hydrogen-bond donors (Lipinski definition) is 1. The molecule has 19 heavy (non-hydrogen) atoms. The molecule has 2 aromatic carbocycles. The lowest BCUT2D eigenvalue weighted by Gasteiger charge is -2.06. The molecule has 0 fully saturated rings. The zero-order valence-corrected chi connectivity index (χ0v) is 12.7. The van der Waals surface area contributed by atoms with Crippen LogP contribution in [0.25, 0.3) is 16.7 Å². The second kappa shape index (κ2) is 4.79. The number of nitrogens with one attached hydrogen (secondary N) is 1. The van der Waals surface area contributed by atoms with Gasteiger partial charge in [0.05, 0.1) is 28.4 Å². The first-order chi connectivity index (χ1) is 9.20. The Bertz CT molecular complexity index is 870. The van der Waals surface area contributed by atoms with E-state index in [1.165, 1.54) is 0 Å². The summed E-state index contributed by atoms with van der Waals surface area (Å²) in [6.45, 7) is 0. The van der Waals surface area contributed by atoms with E-state index in [1.54, 1.807) is 6.07 Å². The lowest BCUT2D eigenvalue weighted by Crippen LogP contribution is -1.96. The number of fused-ring (bicyclic) bond motifs is 1. The summed E-state index contributed by atoms with van der Waals surface area (Å²) in [5.74, 6) is 0. The van der Waals surface area contributed by atoms with Crippen molar-refractivity contribution in [2.75, 3.05) is 0 Å². The Morgan fingerprint density at radius 1 is 1.21 bits per heavy atom. The Morgan fingerprint density at radius 2 is 2.00 bits per heavy atom. The molecule has 0 aliphatic rings. The third kappa shape index (κ3) is 2.07. The highest BCUT2D eigenvalue weighted by molar-refractivity contribution is 14.1. The van der Waals surface area contributed by atoms with Crippen LogP contribution in [0.1, 0.15) is 5.56 Å². The molecule has 0 unspecified atom stereocenters. The minimum Gasteiger partial charge on any atom is -0.330 e. The quantitative estimate of drug-likeness (QED) is 0.511. The number of hydrogen-bond acceptors (Lipinski definition) is 2. The monoisotopic (exact) mass is 377 g/mol. The van der Waals surface area contributed by atoms with Crippen molar-refractivity contribution in [2.24, 2.45) is 0 Å². The average Bonchev–Trinajstić information content (AvgIpc) is 2.74. The molecule has 1 aromatic heterocycles. The molecule has 0 aliphatic heterocycles. The van der Waals surface area contributed by atoms with E-state index in [4.69, 9.17) is 17.5 Å². The fourth-order valence-electron chi connectivity index (χ4n) is 2.04. The molecule has 3 rings (SSSR count). The van der Waals surface area contributed by atoms with Crippen LogP contribution in [-0.4, -0.2) is 9.55 Å². The van der Waals surface area contributed by atoms with Crippen molar-refractivity contribution >= 4 is 45.8 Å². The molecule has 0 aliphatic carbocycles. The summed E-state index contributed by atoms with van der Waals surface area (Å²) in [6, 6.07) is 15.7. The Balaban J connectivity index is 2.41. The molecule has 0 spiro atoms. The van der Waals surface area contributed by atoms with Gasteiger partial charge in [-0.3, -0.25) is 4.57 Å². The highest BCUT2D eigenvalue weighted by atomic mass is 127. The number of halogens is 1. The third-order valence-corrected chi connectivity index (χ3v) is 4.10. The minimum atomic E-state index is 0.626. The number of nitrogens with zero attached hydrogens (tertiary/aromatic N) is 2. The summed E-state index contributed by atoms with van der Waals surface area (Å²) in [4.78, 5) is 3.17. The van der Waals surface area contributed by atoms with Crippen molar-refractivity contribution in [3.05, 3.63) is 56.4 Å². The molecule has 1 N–H and O–H groups in total. The highest BCUT2D eigenvalue weighted by Crippen LogP contribution is 2.24. The molecule has 0 atom stereocenters. The van der Waals surface area contributed by atoms with E-state index in [2.05, 4.69) is 33.6 Å². The molecule has 92 valence electrons. The molecule has 0 radical (unpaired) electrons. The van der Waals surface area contributed by atoms with E-state index in [9.17, 15) is 0 Å². The van der Waals surface area contributed by atoms with Gasteiger partial charge >= 0.3 is 0 Å².